The molecule has 100 valence electrons. The molecule has 0 spiro atoms. The lowest BCUT2D eigenvalue weighted by molar-refractivity contribution is -0.205. The van der Waals surface area contributed by atoms with Crippen LogP contribution in [0.5, 0.6) is 0 Å². The van der Waals surface area contributed by atoms with Crippen LogP contribution in [0.15, 0.2) is 24.5 Å². The lowest BCUT2D eigenvalue weighted by atomic mass is 10.3. The second-order valence-electron chi connectivity index (χ2n) is 3.61. The third-order valence-electron chi connectivity index (χ3n) is 2.08. The van der Waals surface area contributed by atoms with Crippen molar-refractivity contribution >= 4 is 11.7 Å². The molecule has 18 heavy (non-hydrogen) atoms. The smallest absolute Gasteiger partial charge is 0.382 e. The zero-order valence-corrected chi connectivity index (χ0v) is 9.48. The number of nitrogens with zero attached hydrogens (tertiary/aromatic N) is 2. The molecule has 0 aliphatic rings. The highest BCUT2D eigenvalue weighted by Gasteiger charge is 2.39. The Morgan fingerprint density at radius 1 is 1.61 bits per heavy atom. The van der Waals surface area contributed by atoms with Crippen LogP contribution < -0.4 is 5.32 Å². The molecular formula is C10H12F3N3O2. The first-order chi connectivity index (χ1) is 8.30. The number of pyridine rings is 1. The number of rotatable bonds is 3. The molecule has 0 fully saturated rings. The van der Waals surface area contributed by atoms with E-state index in [2.05, 4.69) is 10.3 Å². The van der Waals surface area contributed by atoms with E-state index in [1.165, 1.54) is 12.4 Å². The number of likely N-dealkylation sites (N-methyl/N-ethyl adjacent to an activating group) is 1. The normalized spacial score (nSPS) is 12.9. The first kappa shape index (κ1) is 14.2. The van der Waals surface area contributed by atoms with Crippen LogP contribution in [0, 0.1) is 0 Å². The van der Waals surface area contributed by atoms with Crippen LogP contribution in [0.4, 0.5) is 23.7 Å². The minimum Gasteiger partial charge on any atom is -0.382 e. The highest BCUT2D eigenvalue weighted by molar-refractivity contribution is 5.88. The summed E-state index contributed by atoms with van der Waals surface area (Å²) in [6.45, 7) is -0.838. The van der Waals surface area contributed by atoms with Crippen molar-refractivity contribution in [2.45, 2.75) is 12.3 Å². The number of aromatic nitrogens is 1. The number of nitrogens with one attached hydrogen (secondary N) is 1. The number of aliphatic hydroxyl groups excluding tert-OH is 1. The second-order valence-corrected chi connectivity index (χ2v) is 3.61. The summed E-state index contributed by atoms with van der Waals surface area (Å²) in [5.41, 5.74) is 0.357. The highest BCUT2D eigenvalue weighted by atomic mass is 19.4. The summed E-state index contributed by atoms with van der Waals surface area (Å²) in [6.07, 6.45) is -4.47. The van der Waals surface area contributed by atoms with E-state index in [0.29, 0.717) is 5.69 Å². The molecule has 0 bridgehead atoms. The molecular weight excluding hydrogens is 251 g/mol. The number of halogens is 3. The quantitative estimate of drug-likeness (QED) is 0.867. The van der Waals surface area contributed by atoms with Gasteiger partial charge in [-0.3, -0.25) is 4.98 Å². The fraction of sp³-hybridized carbons (Fsp3) is 0.400. The summed E-state index contributed by atoms with van der Waals surface area (Å²) in [6, 6.07) is 2.35. The molecule has 1 aromatic rings. The van der Waals surface area contributed by atoms with E-state index in [9.17, 15) is 18.0 Å². The number of hydrogen-bond donors (Lipinski definition) is 2. The summed E-state index contributed by atoms with van der Waals surface area (Å²) in [7, 11) is 1.15. The zero-order valence-electron chi connectivity index (χ0n) is 9.48. The van der Waals surface area contributed by atoms with Crippen molar-refractivity contribution in [3.63, 3.8) is 0 Å². The van der Waals surface area contributed by atoms with Gasteiger partial charge in [0.2, 0.25) is 0 Å². The summed E-state index contributed by atoms with van der Waals surface area (Å²) in [5, 5.41) is 11.2. The van der Waals surface area contributed by atoms with E-state index in [-0.39, 0.29) is 0 Å². The average molecular weight is 263 g/mol. The van der Waals surface area contributed by atoms with Crippen molar-refractivity contribution in [3.05, 3.63) is 24.5 Å². The molecule has 1 atom stereocenters. The fourth-order valence-electron chi connectivity index (χ4n) is 1.10. The monoisotopic (exact) mass is 263 g/mol. The Kier molecular flexibility index (Phi) is 4.49. The van der Waals surface area contributed by atoms with Gasteiger partial charge in [0.15, 0.2) is 6.10 Å². The summed E-state index contributed by atoms with van der Waals surface area (Å²) in [4.78, 5) is 16.0. The summed E-state index contributed by atoms with van der Waals surface area (Å²) >= 11 is 0. The largest absolute Gasteiger partial charge is 0.416 e. The number of amides is 2. The molecule has 0 aromatic carbocycles. The van der Waals surface area contributed by atoms with Crippen LogP contribution in [0.3, 0.4) is 0 Å². The number of aliphatic hydroxyl groups is 1. The van der Waals surface area contributed by atoms with Gasteiger partial charge in [0.1, 0.15) is 0 Å². The van der Waals surface area contributed by atoms with Gasteiger partial charge in [-0.15, -0.1) is 0 Å². The topological polar surface area (TPSA) is 65.5 Å². The lowest BCUT2D eigenvalue weighted by Gasteiger charge is -2.22. The first-order valence-corrected chi connectivity index (χ1v) is 4.97. The molecule has 8 heteroatoms. The third kappa shape index (κ3) is 4.21. The molecule has 0 radical (unpaired) electrons. The van der Waals surface area contributed by atoms with Crippen LogP contribution >= 0.6 is 0 Å². The number of carbonyl (C=O) groups is 1. The van der Waals surface area contributed by atoms with Gasteiger partial charge in [-0.25, -0.2) is 4.79 Å². The Labute approximate surface area is 101 Å². The standard InChI is InChI=1S/C10H12F3N3O2/c1-16(6-8(17)10(11,12)13)9(18)15-7-3-2-4-14-5-7/h2-5,8,17H,6H2,1H3,(H,15,18). The van der Waals surface area contributed by atoms with Gasteiger partial charge in [0.25, 0.3) is 0 Å². The molecule has 0 saturated carbocycles. The van der Waals surface area contributed by atoms with Crippen molar-refractivity contribution in [1.29, 1.82) is 0 Å². The average Bonchev–Trinajstić information content (AvgIpc) is 2.28. The molecule has 2 amide bonds. The Bertz CT molecular complexity index is 397. The number of carbonyl (C=O) groups excluding carboxylic acids is 1. The van der Waals surface area contributed by atoms with Crippen LogP contribution in [-0.2, 0) is 0 Å². The van der Waals surface area contributed by atoms with E-state index >= 15 is 0 Å². The molecule has 1 aromatic heterocycles. The summed E-state index contributed by atoms with van der Waals surface area (Å²) < 4.78 is 36.2. The molecule has 0 aliphatic carbocycles. The maximum atomic E-state index is 12.1. The van der Waals surface area contributed by atoms with Crippen molar-refractivity contribution in [2.24, 2.45) is 0 Å². The molecule has 1 heterocycles. The fourth-order valence-corrected chi connectivity index (χ4v) is 1.10. The SMILES string of the molecule is CN(CC(O)C(F)(F)F)C(=O)Nc1cccnc1. The molecule has 1 rings (SSSR count). The predicted molar refractivity (Wildman–Crippen MR) is 57.9 cm³/mol. The Balaban J connectivity index is 2.52. The van der Waals surface area contributed by atoms with Gasteiger partial charge in [0.05, 0.1) is 18.4 Å². The molecule has 2 N–H and O–H groups in total. The van der Waals surface area contributed by atoms with Crippen molar-refractivity contribution in [3.8, 4) is 0 Å². The van der Waals surface area contributed by atoms with Gasteiger partial charge in [0, 0.05) is 13.2 Å². The van der Waals surface area contributed by atoms with Crippen LogP contribution in [0.2, 0.25) is 0 Å². The number of hydrogen-bond acceptors (Lipinski definition) is 3. The number of anilines is 1. The van der Waals surface area contributed by atoms with Crippen molar-refractivity contribution < 1.29 is 23.1 Å². The third-order valence-corrected chi connectivity index (χ3v) is 2.08. The zero-order chi connectivity index (χ0) is 13.8. The molecule has 0 saturated heterocycles. The van der Waals surface area contributed by atoms with E-state index in [0.717, 1.165) is 11.9 Å². The number of urea groups is 1. The van der Waals surface area contributed by atoms with Crippen LogP contribution in [-0.4, -0.2) is 46.9 Å². The minimum absolute atomic E-state index is 0.357. The molecule has 0 aliphatic heterocycles. The Morgan fingerprint density at radius 3 is 2.78 bits per heavy atom. The Hall–Kier alpha value is -1.83. The van der Waals surface area contributed by atoms with E-state index < -0.39 is 24.9 Å². The van der Waals surface area contributed by atoms with Crippen molar-refractivity contribution in [2.75, 3.05) is 18.9 Å². The maximum Gasteiger partial charge on any atom is 0.416 e. The van der Waals surface area contributed by atoms with Crippen LogP contribution in [0.1, 0.15) is 0 Å². The van der Waals surface area contributed by atoms with Crippen molar-refractivity contribution in [1.82, 2.24) is 9.88 Å². The van der Waals surface area contributed by atoms with E-state index in [4.69, 9.17) is 5.11 Å². The number of alkyl halides is 3. The minimum atomic E-state index is -4.75. The Morgan fingerprint density at radius 2 is 2.28 bits per heavy atom. The van der Waals surface area contributed by atoms with Gasteiger partial charge < -0.3 is 15.3 Å². The van der Waals surface area contributed by atoms with Gasteiger partial charge in [-0.2, -0.15) is 13.2 Å². The molecule has 5 nitrogen and oxygen atoms in total. The lowest BCUT2D eigenvalue weighted by Crippen LogP contribution is -2.43. The van der Waals surface area contributed by atoms with E-state index in [1.807, 2.05) is 0 Å². The molecule has 1 unspecified atom stereocenters. The van der Waals surface area contributed by atoms with Crippen LogP contribution in [0.25, 0.3) is 0 Å². The predicted octanol–water partition coefficient (Wildman–Crippen LogP) is 1.47. The van der Waals surface area contributed by atoms with Gasteiger partial charge in [-0.1, -0.05) is 0 Å². The second kappa shape index (κ2) is 5.67. The van der Waals surface area contributed by atoms with Gasteiger partial charge in [-0.05, 0) is 12.1 Å². The van der Waals surface area contributed by atoms with E-state index in [1.54, 1.807) is 12.1 Å². The maximum absolute atomic E-state index is 12.1. The highest BCUT2D eigenvalue weighted by Crippen LogP contribution is 2.20. The summed E-state index contributed by atoms with van der Waals surface area (Å²) in [5.74, 6) is 0. The first-order valence-electron chi connectivity index (χ1n) is 4.97. The van der Waals surface area contributed by atoms with Gasteiger partial charge >= 0.3 is 12.2 Å².